The SMILES string of the molecule is C[C@H](c1nc(C2CC2)no1)N(C)Cc1nccn1C(F)F. The molecule has 1 atom stereocenters. The van der Waals surface area contributed by atoms with Gasteiger partial charge in [-0.15, -0.1) is 0 Å². The topological polar surface area (TPSA) is 60.0 Å². The first kappa shape index (κ1) is 14.1. The van der Waals surface area contributed by atoms with Gasteiger partial charge in [0.1, 0.15) is 5.82 Å². The van der Waals surface area contributed by atoms with E-state index in [-0.39, 0.29) is 12.6 Å². The molecule has 8 heteroatoms. The van der Waals surface area contributed by atoms with Crippen LogP contribution in [-0.2, 0) is 6.54 Å². The van der Waals surface area contributed by atoms with Crippen LogP contribution in [0.4, 0.5) is 8.78 Å². The number of aromatic nitrogens is 4. The van der Waals surface area contributed by atoms with Gasteiger partial charge in [-0.2, -0.15) is 13.8 Å². The molecule has 3 rings (SSSR count). The van der Waals surface area contributed by atoms with Crippen molar-refractivity contribution in [3.8, 4) is 0 Å². The van der Waals surface area contributed by atoms with Gasteiger partial charge < -0.3 is 4.52 Å². The number of hydrogen-bond donors (Lipinski definition) is 0. The van der Waals surface area contributed by atoms with E-state index in [9.17, 15) is 8.78 Å². The van der Waals surface area contributed by atoms with Gasteiger partial charge >= 0.3 is 6.55 Å². The monoisotopic (exact) mass is 297 g/mol. The molecule has 0 N–H and O–H groups in total. The van der Waals surface area contributed by atoms with Crippen molar-refractivity contribution in [3.05, 3.63) is 29.9 Å². The van der Waals surface area contributed by atoms with E-state index in [1.165, 1.54) is 12.4 Å². The molecule has 0 amide bonds. The van der Waals surface area contributed by atoms with Crippen LogP contribution in [0.3, 0.4) is 0 Å². The molecular formula is C13H17F2N5O. The molecule has 0 bridgehead atoms. The van der Waals surface area contributed by atoms with E-state index in [2.05, 4.69) is 15.1 Å². The molecule has 2 heterocycles. The summed E-state index contributed by atoms with van der Waals surface area (Å²) in [5.41, 5.74) is 0. The molecule has 0 saturated heterocycles. The molecule has 1 aliphatic carbocycles. The van der Waals surface area contributed by atoms with Crippen molar-refractivity contribution in [3.63, 3.8) is 0 Å². The first-order valence-electron chi connectivity index (χ1n) is 6.90. The van der Waals surface area contributed by atoms with Gasteiger partial charge in [0.05, 0.1) is 12.6 Å². The molecule has 2 aromatic rings. The van der Waals surface area contributed by atoms with Crippen molar-refractivity contribution >= 4 is 0 Å². The van der Waals surface area contributed by atoms with Crippen LogP contribution in [0.1, 0.15) is 55.8 Å². The average Bonchev–Trinajstić information content (AvgIpc) is 3.01. The number of alkyl halides is 2. The Kier molecular flexibility index (Phi) is 3.71. The summed E-state index contributed by atoms with van der Waals surface area (Å²) >= 11 is 0. The fourth-order valence-corrected chi connectivity index (χ4v) is 2.12. The molecule has 1 saturated carbocycles. The molecule has 6 nitrogen and oxygen atoms in total. The highest BCUT2D eigenvalue weighted by atomic mass is 19.3. The molecule has 1 fully saturated rings. The molecule has 0 aromatic carbocycles. The summed E-state index contributed by atoms with van der Waals surface area (Å²) in [6, 6.07) is -0.159. The maximum absolute atomic E-state index is 12.8. The van der Waals surface area contributed by atoms with Crippen LogP contribution in [0.2, 0.25) is 0 Å². The molecule has 114 valence electrons. The maximum atomic E-state index is 12.8. The first-order chi connectivity index (χ1) is 10.1. The van der Waals surface area contributed by atoms with Gasteiger partial charge in [0.2, 0.25) is 5.89 Å². The molecule has 21 heavy (non-hydrogen) atoms. The van der Waals surface area contributed by atoms with Gasteiger partial charge in [-0.25, -0.2) is 4.98 Å². The number of rotatable bonds is 6. The van der Waals surface area contributed by atoms with E-state index in [0.29, 0.717) is 17.6 Å². The van der Waals surface area contributed by atoms with E-state index < -0.39 is 6.55 Å². The molecule has 2 aromatic heterocycles. The highest BCUT2D eigenvalue weighted by Crippen LogP contribution is 2.38. The van der Waals surface area contributed by atoms with E-state index in [1.807, 2.05) is 18.9 Å². The third-order valence-electron chi connectivity index (χ3n) is 3.77. The first-order valence-corrected chi connectivity index (χ1v) is 6.90. The standard InChI is InChI=1S/C13H17F2N5O/c1-8(12-17-11(18-21-12)9-3-4-9)19(2)7-10-16-5-6-20(10)13(14)15/h5-6,8-9,13H,3-4,7H2,1-2H3/t8-/m1/s1. The molecule has 1 aliphatic rings. The summed E-state index contributed by atoms with van der Waals surface area (Å²) in [7, 11) is 1.82. The fourth-order valence-electron chi connectivity index (χ4n) is 2.12. The van der Waals surface area contributed by atoms with Crippen LogP contribution in [0.25, 0.3) is 0 Å². The van der Waals surface area contributed by atoms with Crippen molar-refractivity contribution in [2.75, 3.05) is 7.05 Å². The highest BCUT2D eigenvalue weighted by Gasteiger charge is 2.30. The van der Waals surface area contributed by atoms with Crippen LogP contribution < -0.4 is 0 Å². The average molecular weight is 297 g/mol. The van der Waals surface area contributed by atoms with Crippen LogP contribution in [0.5, 0.6) is 0 Å². The van der Waals surface area contributed by atoms with Gasteiger partial charge in [-0.1, -0.05) is 5.16 Å². The number of halogens is 2. The lowest BCUT2D eigenvalue weighted by atomic mass is 10.3. The quantitative estimate of drug-likeness (QED) is 0.820. The maximum Gasteiger partial charge on any atom is 0.319 e. The third-order valence-corrected chi connectivity index (χ3v) is 3.77. The predicted molar refractivity (Wildman–Crippen MR) is 69.6 cm³/mol. The summed E-state index contributed by atoms with van der Waals surface area (Å²) < 4.78 is 31.7. The molecular weight excluding hydrogens is 280 g/mol. The smallest absolute Gasteiger partial charge is 0.319 e. The Bertz CT molecular complexity index is 607. The zero-order chi connectivity index (χ0) is 15.0. The Balaban J connectivity index is 1.68. The van der Waals surface area contributed by atoms with Crippen LogP contribution in [0, 0.1) is 0 Å². The molecule has 0 unspecified atom stereocenters. The Morgan fingerprint density at radius 2 is 2.24 bits per heavy atom. The van der Waals surface area contributed by atoms with E-state index in [4.69, 9.17) is 4.52 Å². The summed E-state index contributed by atoms with van der Waals surface area (Å²) in [6.45, 7) is -0.407. The Hall–Kier alpha value is -1.83. The Morgan fingerprint density at radius 1 is 1.48 bits per heavy atom. The fraction of sp³-hybridized carbons (Fsp3) is 0.615. The lowest BCUT2D eigenvalue weighted by Crippen LogP contribution is -2.24. The van der Waals surface area contributed by atoms with E-state index >= 15 is 0 Å². The Labute approximate surface area is 120 Å². The van der Waals surface area contributed by atoms with Crippen LogP contribution in [0.15, 0.2) is 16.9 Å². The zero-order valence-electron chi connectivity index (χ0n) is 11.9. The number of imidazole rings is 1. The minimum Gasteiger partial charge on any atom is -0.338 e. The van der Waals surface area contributed by atoms with Crippen molar-refractivity contribution < 1.29 is 13.3 Å². The van der Waals surface area contributed by atoms with Crippen molar-refractivity contribution in [1.82, 2.24) is 24.6 Å². The minimum atomic E-state index is -2.59. The van der Waals surface area contributed by atoms with Crippen molar-refractivity contribution in [2.24, 2.45) is 0 Å². The van der Waals surface area contributed by atoms with Crippen LogP contribution >= 0.6 is 0 Å². The van der Waals surface area contributed by atoms with Gasteiger partial charge in [0, 0.05) is 18.3 Å². The van der Waals surface area contributed by atoms with Gasteiger partial charge in [-0.05, 0) is 26.8 Å². The van der Waals surface area contributed by atoms with E-state index in [1.54, 1.807) is 0 Å². The van der Waals surface area contributed by atoms with Crippen molar-refractivity contribution in [2.45, 2.75) is 44.8 Å². The van der Waals surface area contributed by atoms with Gasteiger partial charge in [-0.3, -0.25) is 9.47 Å². The minimum absolute atomic E-state index is 0.159. The Morgan fingerprint density at radius 3 is 2.90 bits per heavy atom. The second-order valence-electron chi connectivity index (χ2n) is 5.38. The second kappa shape index (κ2) is 5.51. The van der Waals surface area contributed by atoms with E-state index in [0.717, 1.165) is 23.2 Å². The molecule has 0 radical (unpaired) electrons. The number of hydrogen-bond acceptors (Lipinski definition) is 5. The predicted octanol–water partition coefficient (Wildman–Crippen LogP) is 2.73. The largest absolute Gasteiger partial charge is 0.338 e. The second-order valence-corrected chi connectivity index (χ2v) is 5.38. The number of nitrogens with zero attached hydrogens (tertiary/aromatic N) is 5. The lowest BCUT2D eigenvalue weighted by molar-refractivity contribution is 0.0630. The molecule has 0 aliphatic heterocycles. The highest BCUT2D eigenvalue weighted by molar-refractivity contribution is 5.05. The summed E-state index contributed by atoms with van der Waals surface area (Å²) in [4.78, 5) is 10.2. The van der Waals surface area contributed by atoms with Gasteiger partial charge in [0.15, 0.2) is 5.82 Å². The van der Waals surface area contributed by atoms with Crippen LogP contribution in [-0.4, -0.2) is 31.6 Å². The molecule has 0 spiro atoms. The third kappa shape index (κ3) is 2.94. The van der Waals surface area contributed by atoms with Gasteiger partial charge in [0.25, 0.3) is 0 Å². The zero-order valence-corrected chi connectivity index (χ0v) is 11.9. The summed E-state index contributed by atoms with van der Waals surface area (Å²) in [6.07, 6.45) is 4.86. The lowest BCUT2D eigenvalue weighted by Gasteiger charge is -2.21. The summed E-state index contributed by atoms with van der Waals surface area (Å²) in [5, 5.41) is 3.97. The van der Waals surface area contributed by atoms with Crippen molar-refractivity contribution in [1.29, 1.82) is 0 Å². The summed E-state index contributed by atoms with van der Waals surface area (Å²) in [5.74, 6) is 1.99. The normalized spacial score (nSPS) is 16.9.